The Bertz CT molecular complexity index is 496. The molecule has 8 heteroatoms. The van der Waals surface area contributed by atoms with Gasteiger partial charge in [-0.15, -0.1) is 0 Å². The van der Waals surface area contributed by atoms with Crippen LogP contribution in [0.5, 0.6) is 11.5 Å². The standard InChI is InChI=1S/C14H21NO7/c16-6-10-11(19)12(20)13(21)14(22-10)15-4-3-7-1-2-8(17)9(18)5-7/h1-2,5,10-21H,3-4,6H2/t10-,11-,12+,13-,14+/m1/s1. The number of aliphatic hydroxyl groups excluding tert-OH is 4. The highest BCUT2D eigenvalue weighted by molar-refractivity contribution is 5.40. The number of phenolic OH excluding ortho intramolecular Hbond substituents is 2. The predicted molar refractivity (Wildman–Crippen MR) is 75.2 cm³/mol. The van der Waals surface area contributed by atoms with Gasteiger partial charge in [0.05, 0.1) is 6.61 Å². The number of hydrogen-bond donors (Lipinski definition) is 7. The molecule has 7 N–H and O–H groups in total. The molecule has 22 heavy (non-hydrogen) atoms. The van der Waals surface area contributed by atoms with Crippen molar-refractivity contribution in [3.05, 3.63) is 23.8 Å². The highest BCUT2D eigenvalue weighted by Crippen LogP contribution is 2.25. The summed E-state index contributed by atoms with van der Waals surface area (Å²) in [5.41, 5.74) is 0.757. The molecule has 2 rings (SSSR count). The zero-order chi connectivity index (χ0) is 16.3. The van der Waals surface area contributed by atoms with E-state index in [2.05, 4.69) is 5.32 Å². The Morgan fingerprint density at radius 3 is 2.36 bits per heavy atom. The van der Waals surface area contributed by atoms with Gasteiger partial charge in [-0.2, -0.15) is 0 Å². The molecule has 0 unspecified atom stereocenters. The van der Waals surface area contributed by atoms with Gasteiger partial charge in [-0.3, -0.25) is 5.32 Å². The molecular formula is C14H21NO7. The van der Waals surface area contributed by atoms with Crippen molar-refractivity contribution in [1.82, 2.24) is 5.32 Å². The summed E-state index contributed by atoms with van der Waals surface area (Å²) in [6.07, 6.45) is -5.53. The molecule has 8 nitrogen and oxygen atoms in total. The zero-order valence-corrected chi connectivity index (χ0v) is 11.8. The fourth-order valence-electron chi connectivity index (χ4n) is 2.35. The van der Waals surface area contributed by atoms with Crippen LogP contribution >= 0.6 is 0 Å². The van der Waals surface area contributed by atoms with Gasteiger partial charge >= 0.3 is 0 Å². The molecule has 0 aliphatic carbocycles. The Morgan fingerprint density at radius 1 is 1.00 bits per heavy atom. The second-order valence-corrected chi connectivity index (χ2v) is 5.28. The van der Waals surface area contributed by atoms with Gasteiger partial charge in [-0.25, -0.2) is 0 Å². The van der Waals surface area contributed by atoms with Gasteiger partial charge in [0, 0.05) is 6.54 Å². The maximum atomic E-state index is 9.85. The zero-order valence-electron chi connectivity index (χ0n) is 11.8. The van der Waals surface area contributed by atoms with E-state index in [1.54, 1.807) is 6.07 Å². The third-order valence-corrected chi connectivity index (χ3v) is 3.69. The Balaban J connectivity index is 1.88. The Labute approximate surface area is 127 Å². The van der Waals surface area contributed by atoms with Crippen molar-refractivity contribution in [2.75, 3.05) is 13.2 Å². The fourth-order valence-corrected chi connectivity index (χ4v) is 2.35. The van der Waals surface area contributed by atoms with Crippen molar-refractivity contribution in [3.63, 3.8) is 0 Å². The highest BCUT2D eigenvalue weighted by atomic mass is 16.6. The first-order chi connectivity index (χ1) is 10.4. The van der Waals surface area contributed by atoms with Crippen LogP contribution in [0.4, 0.5) is 0 Å². The van der Waals surface area contributed by atoms with Crippen LogP contribution in [0.3, 0.4) is 0 Å². The minimum atomic E-state index is -1.42. The molecule has 0 aromatic heterocycles. The average molecular weight is 315 g/mol. The van der Waals surface area contributed by atoms with Gasteiger partial charge in [0.1, 0.15) is 30.6 Å². The predicted octanol–water partition coefficient (Wildman–Crippen LogP) is -1.97. The van der Waals surface area contributed by atoms with Crippen molar-refractivity contribution >= 4 is 0 Å². The molecule has 0 amide bonds. The van der Waals surface area contributed by atoms with Crippen LogP contribution in [0.2, 0.25) is 0 Å². The van der Waals surface area contributed by atoms with E-state index in [4.69, 9.17) is 9.84 Å². The van der Waals surface area contributed by atoms with E-state index in [0.29, 0.717) is 13.0 Å². The van der Waals surface area contributed by atoms with E-state index in [9.17, 15) is 25.5 Å². The second kappa shape index (κ2) is 7.23. The topological polar surface area (TPSA) is 143 Å². The van der Waals surface area contributed by atoms with Crippen LogP contribution in [0.15, 0.2) is 18.2 Å². The van der Waals surface area contributed by atoms with Crippen molar-refractivity contribution in [2.24, 2.45) is 0 Å². The van der Waals surface area contributed by atoms with Gasteiger partial charge in [0.25, 0.3) is 0 Å². The molecule has 1 aromatic carbocycles. The number of hydrogen-bond acceptors (Lipinski definition) is 8. The normalized spacial score (nSPS) is 32.1. The maximum absolute atomic E-state index is 9.85. The van der Waals surface area contributed by atoms with E-state index in [-0.39, 0.29) is 11.5 Å². The molecule has 1 saturated heterocycles. The Hall–Kier alpha value is -1.42. The van der Waals surface area contributed by atoms with Gasteiger partial charge in [0.2, 0.25) is 0 Å². The molecule has 124 valence electrons. The average Bonchev–Trinajstić information content (AvgIpc) is 2.51. The van der Waals surface area contributed by atoms with E-state index < -0.39 is 37.3 Å². The minimum Gasteiger partial charge on any atom is -0.504 e. The number of aromatic hydroxyl groups is 2. The maximum Gasteiger partial charge on any atom is 0.157 e. The first kappa shape index (κ1) is 16.9. The van der Waals surface area contributed by atoms with Crippen LogP contribution < -0.4 is 5.32 Å². The van der Waals surface area contributed by atoms with E-state index in [1.165, 1.54) is 12.1 Å². The number of rotatable bonds is 5. The smallest absolute Gasteiger partial charge is 0.157 e. The van der Waals surface area contributed by atoms with Crippen molar-refractivity contribution < 1.29 is 35.4 Å². The lowest BCUT2D eigenvalue weighted by atomic mass is 9.98. The van der Waals surface area contributed by atoms with Gasteiger partial charge < -0.3 is 35.4 Å². The number of phenols is 2. The second-order valence-electron chi connectivity index (χ2n) is 5.28. The lowest BCUT2D eigenvalue weighted by molar-refractivity contribution is -0.236. The molecule has 1 fully saturated rings. The molecule has 1 aromatic rings. The fraction of sp³-hybridized carbons (Fsp3) is 0.571. The first-order valence-electron chi connectivity index (χ1n) is 6.98. The first-order valence-corrected chi connectivity index (χ1v) is 6.98. The summed E-state index contributed by atoms with van der Waals surface area (Å²) in [4.78, 5) is 0. The van der Waals surface area contributed by atoms with E-state index >= 15 is 0 Å². The summed E-state index contributed by atoms with van der Waals surface area (Å²) in [7, 11) is 0. The van der Waals surface area contributed by atoms with Crippen LogP contribution in [-0.2, 0) is 11.2 Å². The SMILES string of the molecule is OC[C@H]1O[C@H](NCCc2ccc(O)c(O)c2)[C@H](O)[C@@H](O)[C@@H]1O. The third-order valence-electron chi connectivity index (χ3n) is 3.69. The molecule has 0 bridgehead atoms. The van der Waals surface area contributed by atoms with Crippen molar-refractivity contribution in [2.45, 2.75) is 37.1 Å². The summed E-state index contributed by atoms with van der Waals surface area (Å²) >= 11 is 0. The van der Waals surface area contributed by atoms with Gasteiger partial charge in [-0.05, 0) is 24.1 Å². The monoisotopic (exact) mass is 315 g/mol. The summed E-state index contributed by atoms with van der Waals surface area (Å²) in [5, 5.41) is 59.7. The lowest BCUT2D eigenvalue weighted by Gasteiger charge is -2.40. The van der Waals surface area contributed by atoms with E-state index in [1.807, 2.05) is 0 Å². The largest absolute Gasteiger partial charge is 0.504 e. The summed E-state index contributed by atoms with van der Waals surface area (Å²) in [5.74, 6) is -0.420. The quantitative estimate of drug-likeness (QED) is 0.310. The van der Waals surface area contributed by atoms with Crippen LogP contribution in [-0.4, -0.2) is 74.4 Å². The summed E-state index contributed by atoms with van der Waals surface area (Å²) < 4.78 is 5.30. The molecule has 0 spiro atoms. The minimum absolute atomic E-state index is 0.203. The Kier molecular flexibility index (Phi) is 5.57. The Morgan fingerprint density at radius 2 is 1.73 bits per heavy atom. The van der Waals surface area contributed by atoms with Gasteiger partial charge in [-0.1, -0.05) is 6.07 Å². The van der Waals surface area contributed by atoms with E-state index in [0.717, 1.165) is 5.56 Å². The molecule has 5 atom stereocenters. The molecule has 1 heterocycles. The number of aliphatic hydroxyl groups is 4. The molecule has 1 aliphatic heterocycles. The van der Waals surface area contributed by atoms with Gasteiger partial charge in [0.15, 0.2) is 11.5 Å². The molecule has 1 aliphatic rings. The summed E-state index contributed by atoms with van der Waals surface area (Å²) in [6.45, 7) is -0.123. The highest BCUT2D eigenvalue weighted by Gasteiger charge is 2.43. The third kappa shape index (κ3) is 3.67. The molecular weight excluding hydrogens is 294 g/mol. The number of nitrogens with one attached hydrogen (secondary N) is 1. The van der Waals surface area contributed by atoms with Crippen molar-refractivity contribution in [1.29, 1.82) is 0 Å². The number of benzene rings is 1. The van der Waals surface area contributed by atoms with Crippen molar-refractivity contribution in [3.8, 4) is 11.5 Å². The molecule has 0 saturated carbocycles. The molecule has 0 radical (unpaired) electrons. The summed E-state index contributed by atoms with van der Waals surface area (Å²) in [6, 6.07) is 4.44. The lowest BCUT2D eigenvalue weighted by Crippen LogP contribution is -2.62. The van der Waals surface area contributed by atoms with Crippen LogP contribution in [0.25, 0.3) is 0 Å². The van der Waals surface area contributed by atoms with Crippen LogP contribution in [0.1, 0.15) is 5.56 Å². The van der Waals surface area contributed by atoms with Crippen LogP contribution in [0, 0.1) is 0 Å². The number of ether oxygens (including phenoxy) is 1.